The van der Waals surface area contributed by atoms with Crippen molar-refractivity contribution in [1.82, 2.24) is 10.2 Å². The molecule has 1 unspecified atom stereocenters. The third-order valence-electron chi connectivity index (χ3n) is 6.58. The molecule has 8 nitrogen and oxygen atoms in total. The minimum atomic E-state index is -1.93. The zero-order chi connectivity index (χ0) is 24.5. The quantitative estimate of drug-likeness (QED) is 0.551. The molecular formula is C26H30N2O6. The Labute approximate surface area is 198 Å². The number of carboxylic acid groups (broad SMARTS) is 1. The monoisotopic (exact) mass is 466 g/mol. The number of hydrogen-bond acceptors (Lipinski definition) is 5. The van der Waals surface area contributed by atoms with Crippen LogP contribution in [0.5, 0.6) is 0 Å². The van der Waals surface area contributed by atoms with Crippen LogP contribution in [0, 0.1) is 5.92 Å². The molecule has 2 aromatic rings. The van der Waals surface area contributed by atoms with Crippen LogP contribution in [0.25, 0.3) is 11.1 Å². The van der Waals surface area contributed by atoms with E-state index in [1.54, 1.807) is 0 Å². The average molecular weight is 467 g/mol. The smallest absolute Gasteiger partial charge is 0.407 e. The second-order valence-electron chi connectivity index (χ2n) is 9.52. The van der Waals surface area contributed by atoms with E-state index in [1.807, 2.05) is 50.2 Å². The van der Waals surface area contributed by atoms with E-state index in [0.717, 1.165) is 22.3 Å². The summed E-state index contributed by atoms with van der Waals surface area (Å²) in [5.41, 5.74) is 2.51. The third-order valence-corrected chi connectivity index (χ3v) is 6.58. The Morgan fingerprint density at radius 3 is 2.12 bits per heavy atom. The van der Waals surface area contributed by atoms with Crippen molar-refractivity contribution in [2.24, 2.45) is 5.92 Å². The topological polar surface area (TPSA) is 116 Å². The molecule has 1 fully saturated rings. The number of benzene rings is 2. The summed E-state index contributed by atoms with van der Waals surface area (Å²) in [5, 5.41) is 21.7. The van der Waals surface area contributed by atoms with E-state index < -0.39 is 29.6 Å². The fourth-order valence-electron chi connectivity index (χ4n) is 4.64. The summed E-state index contributed by atoms with van der Waals surface area (Å²) in [6, 6.07) is 15.2. The van der Waals surface area contributed by atoms with E-state index in [0.29, 0.717) is 18.8 Å². The molecule has 2 amide bonds. The lowest BCUT2D eigenvalue weighted by Gasteiger charge is -2.44. The minimum Gasteiger partial charge on any atom is -0.479 e. The predicted octanol–water partition coefficient (Wildman–Crippen LogP) is 2.99. The van der Waals surface area contributed by atoms with Crippen LogP contribution in [0.4, 0.5) is 4.79 Å². The van der Waals surface area contributed by atoms with Gasteiger partial charge in [-0.25, -0.2) is 9.59 Å². The number of amides is 2. The Morgan fingerprint density at radius 2 is 1.59 bits per heavy atom. The second-order valence-corrected chi connectivity index (χ2v) is 9.52. The molecule has 1 saturated heterocycles. The number of aliphatic hydroxyl groups is 1. The van der Waals surface area contributed by atoms with Crippen LogP contribution in [0.3, 0.4) is 0 Å². The van der Waals surface area contributed by atoms with Crippen molar-refractivity contribution in [2.45, 2.75) is 44.2 Å². The number of carbonyl (C=O) groups excluding carboxylic acids is 2. The Bertz CT molecular complexity index is 1050. The number of rotatable bonds is 8. The van der Waals surface area contributed by atoms with Gasteiger partial charge in [0, 0.05) is 5.92 Å². The summed E-state index contributed by atoms with van der Waals surface area (Å²) < 4.78 is 5.57. The summed E-state index contributed by atoms with van der Waals surface area (Å²) in [4.78, 5) is 38.0. The normalized spacial score (nSPS) is 16.9. The van der Waals surface area contributed by atoms with Gasteiger partial charge in [-0.3, -0.25) is 4.79 Å². The van der Waals surface area contributed by atoms with Crippen molar-refractivity contribution >= 4 is 18.0 Å². The summed E-state index contributed by atoms with van der Waals surface area (Å²) in [6.45, 7) is 3.56. The van der Waals surface area contributed by atoms with Gasteiger partial charge in [-0.05, 0) is 41.0 Å². The molecule has 180 valence electrons. The highest BCUT2D eigenvalue weighted by molar-refractivity contribution is 5.89. The van der Waals surface area contributed by atoms with Gasteiger partial charge in [-0.2, -0.15) is 0 Å². The van der Waals surface area contributed by atoms with Crippen molar-refractivity contribution in [3.05, 3.63) is 59.7 Å². The van der Waals surface area contributed by atoms with E-state index in [2.05, 4.69) is 17.4 Å². The number of nitrogens with one attached hydrogen (secondary N) is 1. The molecule has 3 N–H and O–H groups in total. The summed E-state index contributed by atoms with van der Waals surface area (Å²) in [7, 11) is 0. The molecule has 2 aromatic carbocycles. The highest BCUT2D eigenvalue weighted by Crippen LogP contribution is 2.44. The number of hydrogen-bond donors (Lipinski definition) is 3. The first kappa shape index (κ1) is 23.8. The fraction of sp³-hybridized carbons (Fsp3) is 0.423. The average Bonchev–Trinajstić information content (AvgIpc) is 3.11. The van der Waals surface area contributed by atoms with Gasteiger partial charge in [-0.15, -0.1) is 0 Å². The maximum atomic E-state index is 12.9. The summed E-state index contributed by atoms with van der Waals surface area (Å²) in [6.07, 6.45) is 0.387. The number of alkyl carbamates (subject to hydrolysis) is 1. The number of nitrogens with zero attached hydrogens (tertiary/aromatic N) is 1. The number of carboxylic acids is 1. The highest BCUT2D eigenvalue weighted by atomic mass is 16.5. The molecule has 1 heterocycles. The lowest BCUT2D eigenvalue weighted by Crippen LogP contribution is -2.69. The van der Waals surface area contributed by atoms with Crippen LogP contribution < -0.4 is 5.32 Å². The molecule has 0 radical (unpaired) electrons. The van der Waals surface area contributed by atoms with Crippen LogP contribution in [-0.2, 0) is 14.3 Å². The van der Waals surface area contributed by atoms with Gasteiger partial charge in [-0.1, -0.05) is 62.4 Å². The Morgan fingerprint density at radius 1 is 1.03 bits per heavy atom. The van der Waals surface area contributed by atoms with Gasteiger partial charge in [0.25, 0.3) is 0 Å². The van der Waals surface area contributed by atoms with E-state index in [4.69, 9.17) is 9.84 Å². The third kappa shape index (κ3) is 4.63. The van der Waals surface area contributed by atoms with Crippen LogP contribution in [0.15, 0.2) is 48.5 Å². The van der Waals surface area contributed by atoms with Gasteiger partial charge < -0.3 is 25.2 Å². The van der Waals surface area contributed by atoms with Gasteiger partial charge in [0.1, 0.15) is 12.6 Å². The highest BCUT2D eigenvalue weighted by Gasteiger charge is 2.51. The van der Waals surface area contributed by atoms with Crippen LogP contribution in [0.2, 0.25) is 0 Å². The largest absolute Gasteiger partial charge is 0.479 e. The summed E-state index contributed by atoms with van der Waals surface area (Å²) in [5.74, 6) is -1.56. The van der Waals surface area contributed by atoms with Crippen molar-refractivity contribution in [1.29, 1.82) is 0 Å². The molecule has 1 aliphatic heterocycles. The van der Waals surface area contributed by atoms with Crippen LogP contribution >= 0.6 is 0 Å². The number of carbonyl (C=O) groups is 3. The summed E-state index contributed by atoms with van der Waals surface area (Å²) >= 11 is 0. The molecule has 0 saturated carbocycles. The molecule has 1 aliphatic carbocycles. The molecular weight excluding hydrogens is 436 g/mol. The molecule has 0 bridgehead atoms. The molecule has 0 spiro atoms. The first-order chi connectivity index (χ1) is 16.2. The van der Waals surface area contributed by atoms with Crippen LogP contribution in [-0.4, -0.2) is 64.4 Å². The van der Waals surface area contributed by atoms with Gasteiger partial charge >= 0.3 is 12.1 Å². The SMILES string of the molecule is CC(C)CCC(NC(=O)OCC1c2ccccc2-c2ccccc21)C(=O)N1CC(O)(C(=O)O)C1. The van der Waals surface area contributed by atoms with Crippen molar-refractivity contribution in [3.63, 3.8) is 0 Å². The first-order valence-corrected chi connectivity index (χ1v) is 11.6. The van der Waals surface area contributed by atoms with Crippen molar-refractivity contribution < 1.29 is 29.3 Å². The zero-order valence-electron chi connectivity index (χ0n) is 19.4. The molecule has 1 atom stereocenters. The second kappa shape index (κ2) is 9.46. The number of likely N-dealkylation sites (tertiary alicyclic amines) is 1. The zero-order valence-corrected chi connectivity index (χ0v) is 19.4. The maximum Gasteiger partial charge on any atom is 0.407 e. The van der Waals surface area contributed by atoms with Gasteiger partial charge in [0.2, 0.25) is 5.91 Å². The van der Waals surface area contributed by atoms with Gasteiger partial charge in [0.05, 0.1) is 13.1 Å². The Balaban J connectivity index is 1.40. The van der Waals surface area contributed by atoms with Crippen molar-refractivity contribution in [3.8, 4) is 11.1 Å². The first-order valence-electron chi connectivity index (χ1n) is 11.6. The number of aliphatic carboxylic acids is 1. The number of ether oxygens (including phenoxy) is 1. The Kier molecular flexibility index (Phi) is 6.61. The maximum absolute atomic E-state index is 12.9. The lowest BCUT2D eigenvalue weighted by atomic mass is 9.92. The fourth-order valence-corrected chi connectivity index (χ4v) is 4.64. The molecule has 8 heteroatoms. The van der Waals surface area contributed by atoms with Crippen LogP contribution in [0.1, 0.15) is 43.7 Å². The Hall–Kier alpha value is -3.39. The lowest BCUT2D eigenvalue weighted by molar-refractivity contribution is -0.182. The van der Waals surface area contributed by atoms with E-state index in [1.165, 1.54) is 4.90 Å². The molecule has 34 heavy (non-hydrogen) atoms. The van der Waals surface area contributed by atoms with E-state index >= 15 is 0 Å². The number of β-amino-alcohol motifs (C(OH)–C–C–N with tert-alkyl or cyclic N) is 1. The van der Waals surface area contributed by atoms with E-state index in [-0.39, 0.29) is 25.6 Å². The number of fused-ring (bicyclic) bond motifs is 3. The van der Waals surface area contributed by atoms with Crippen molar-refractivity contribution in [2.75, 3.05) is 19.7 Å². The minimum absolute atomic E-state index is 0.0936. The van der Waals surface area contributed by atoms with E-state index in [9.17, 15) is 19.5 Å². The molecule has 2 aliphatic rings. The standard InChI is InChI=1S/C26H30N2O6/c1-16(2)11-12-22(23(29)28-14-26(33,15-28)24(30)31)27-25(32)34-13-21-19-9-5-3-7-17(19)18-8-4-6-10-20(18)21/h3-10,16,21-22,33H,11-15H2,1-2H3,(H,27,32)(H,30,31). The molecule has 0 aromatic heterocycles. The van der Waals surface area contributed by atoms with Gasteiger partial charge in [0.15, 0.2) is 5.60 Å². The molecule has 4 rings (SSSR count). The predicted molar refractivity (Wildman–Crippen MR) is 125 cm³/mol.